The van der Waals surface area contributed by atoms with Gasteiger partial charge in [-0.15, -0.1) is 0 Å². The topological polar surface area (TPSA) is 116 Å². The van der Waals surface area contributed by atoms with E-state index in [4.69, 9.17) is 5.11 Å². The lowest BCUT2D eigenvalue weighted by Crippen LogP contribution is -2.51. The van der Waals surface area contributed by atoms with Crippen LogP contribution in [-0.4, -0.2) is 22.3 Å². The molecule has 3 N–H and O–H groups in total. The number of para-hydroxylation sites is 2. The van der Waals surface area contributed by atoms with E-state index < -0.39 is 17.7 Å². The number of carboxylic acid groups (broad SMARTS) is 1. The number of hydrazine groups is 1. The van der Waals surface area contributed by atoms with Crippen molar-refractivity contribution in [2.75, 3.05) is 15.5 Å². The molecule has 3 rings (SSSR count). The minimum Gasteiger partial charge on any atom is -0.871 e. The third-order valence-corrected chi connectivity index (χ3v) is 3.18. The molecule has 2 aromatic carbocycles. The van der Waals surface area contributed by atoms with E-state index in [0.717, 1.165) is 18.2 Å². The van der Waals surface area contributed by atoms with Crippen LogP contribution in [0.4, 0.5) is 21.9 Å². The molecule has 0 bridgehead atoms. The smallest absolute Gasteiger partial charge is 0.347 e. The number of rotatable bonds is 2. The highest BCUT2D eigenvalue weighted by molar-refractivity contribution is 6.09. The van der Waals surface area contributed by atoms with Gasteiger partial charge in [-0.2, -0.15) is 10.2 Å². The van der Waals surface area contributed by atoms with Gasteiger partial charge < -0.3 is 15.5 Å². The van der Waals surface area contributed by atoms with Gasteiger partial charge in [0.2, 0.25) is 0 Å². The van der Waals surface area contributed by atoms with Gasteiger partial charge in [0.15, 0.2) is 0 Å². The number of carbonyl (C=O) groups excluding carboxylic acids is 1. The Morgan fingerprint density at radius 2 is 1.86 bits per heavy atom. The Morgan fingerprint density at radius 3 is 2.59 bits per heavy atom. The Bertz CT molecular complexity index is 777. The van der Waals surface area contributed by atoms with Crippen molar-refractivity contribution in [1.82, 2.24) is 0 Å². The van der Waals surface area contributed by atoms with Crippen LogP contribution in [0.2, 0.25) is 0 Å². The maximum Gasteiger partial charge on any atom is 0.347 e. The monoisotopic (exact) mass is 300 g/mol. The summed E-state index contributed by atoms with van der Waals surface area (Å²) in [6.45, 7) is 0. The van der Waals surface area contributed by atoms with E-state index in [1.807, 2.05) is 0 Å². The van der Waals surface area contributed by atoms with Gasteiger partial charge in [0.1, 0.15) is 5.69 Å². The first-order valence-electron chi connectivity index (χ1n) is 6.22. The molecule has 0 fully saturated rings. The Kier molecular flexibility index (Phi) is 3.08. The molecule has 2 amide bonds. The van der Waals surface area contributed by atoms with Crippen molar-refractivity contribution in [2.24, 2.45) is 0 Å². The minimum atomic E-state index is -1.25. The van der Waals surface area contributed by atoms with Crippen LogP contribution in [0, 0.1) is 0 Å². The van der Waals surface area contributed by atoms with Crippen LogP contribution in [0.1, 0.15) is 10.4 Å². The summed E-state index contributed by atoms with van der Waals surface area (Å²) < 4.78 is 0. The molecule has 0 radical (unpaired) electrons. The van der Waals surface area contributed by atoms with E-state index in [1.165, 1.54) is 6.07 Å². The number of anilines is 3. The normalized spacial score (nSPS) is 13.6. The highest BCUT2D eigenvalue weighted by atomic mass is 16.6. The SMILES string of the molecule is O=C(O)c1ccc([O-])c(N2C(=O)Nc3ccccc3N2O)c1. The zero-order valence-corrected chi connectivity index (χ0v) is 11.1. The number of fused-ring (bicyclic) bond motifs is 1. The van der Waals surface area contributed by atoms with Gasteiger partial charge in [-0.25, -0.2) is 9.59 Å². The molecule has 0 aromatic heterocycles. The maximum absolute atomic E-state index is 12.1. The molecule has 1 aliphatic rings. The number of hydrogen-bond acceptors (Lipinski definition) is 5. The summed E-state index contributed by atoms with van der Waals surface area (Å²) in [5.74, 6) is -1.85. The molecule has 8 nitrogen and oxygen atoms in total. The van der Waals surface area contributed by atoms with Crippen LogP contribution in [0.3, 0.4) is 0 Å². The van der Waals surface area contributed by atoms with Crippen molar-refractivity contribution >= 4 is 29.1 Å². The van der Waals surface area contributed by atoms with Crippen LogP contribution in [0.25, 0.3) is 0 Å². The van der Waals surface area contributed by atoms with Gasteiger partial charge in [-0.05, 0) is 24.3 Å². The number of carbonyl (C=O) groups is 2. The molecule has 0 unspecified atom stereocenters. The fraction of sp³-hybridized carbons (Fsp3) is 0. The van der Waals surface area contributed by atoms with Gasteiger partial charge >= 0.3 is 12.0 Å². The van der Waals surface area contributed by atoms with Crippen molar-refractivity contribution in [2.45, 2.75) is 0 Å². The van der Waals surface area contributed by atoms with Crippen LogP contribution < -0.4 is 20.6 Å². The summed E-state index contributed by atoms with van der Waals surface area (Å²) in [6.07, 6.45) is 0. The number of carboxylic acids is 1. The first kappa shape index (κ1) is 13.7. The Balaban J connectivity index is 2.11. The van der Waals surface area contributed by atoms with Crippen molar-refractivity contribution in [3.8, 4) is 5.75 Å². The van der Waals surface area contributed by atoms with E-state index in [9.17, 15) is 19.9 Å². The van der Waals surface area contributed by atoms with Crippen LogP contribution in [0.5, 0.6) is 5.75 Å². The third kappa shape index (κ3) is 2.07. The van der Waals surface area contributed by atoms with Crippen molar-refractivity contribution < 1.29 is 25.0 Å². The molecule has 1 aliphatic heterocycles. The number of aromatic carboxylic acids is 1. The predicted molar refractivity (Wildman–Crippen MR) is 75.1 cm³/mol. The number of urea groups is 1. The van der Waals surface area contributed by atoms with E-state index in [-0.39, 0.29) is 16.9 Å². The van der Waals surface area contributed by atoms with Crippen LogP contribution >= 0.6 is 0 Å². The van der Waals surface area contributed by atoms with Gasteiger partial charge in [-0.1, -0.05) is 23.9 Å². The predicted octanol–water partition coefficient (Wildman–Crippen LogP) is 1.62. The highest BCUT2D eigenvalue weighted by Crippen LogP contribution is 2.35. The lowest BCUT2D eigenvalue weighted by molar-refractivity contribution is -0.267. The number of nitrogens with zero attached hydrogens (tertiary/aromatic N) is 2. The molecule has 0 atom stereocenters. The summed E-state index contributed by atoms with van der Waals surface area (Å²) in [6, 6.07) is 8.84. The second-order valence-corrected chi connectivity index (χ2v) is 4.54. The van der Waals surface area contributed by atoms with E-state index >= 15 is 0 Å². The van der Waals surface area contributed by atoms with Gasteiger partial charge in [0.25, 0.3) is 0 Å². The van der Waals surface area contributed by atoms with Gasteiger partial charge in [-0.3, -0.25) is 5.21 Å². The first-order valence-corrected chi connectivity index (χ1v) is 6.22. The quantitative estimate of drug-likeness (QED) is 0.776. The molecule has 1 heterocycles. The zero-order chi connectivity index (χ0) is 15.9. The molecular formula is C14H10N3O5-. The number of benzene rings is 2. The van der Waals surface area contributed by atoms with Crippen LogP contribution in [0.15, 0.2) is 42.5 Å². The Labute approximate surface area is 124 Å². The fourth-order valence-corrected chi connectivity index (χ4v) is 2.14. The van der Waals surface area contributed by atoms with Crippen LogP contribution in [-0.2, 0) is 0 Å². The van der Waals surface area contributed by atoms with E-state index in [0.29, 0.717) is 15.9 Å². The zero-order valence-electron chi connectivity index (χ0n) is 11.1. The summed E-state index contributed by atoms with van der Waals surface area (Å²) in [5, 5.41) is 34.8. The largest absolute Gasteiger partial charge is 0.871 e. The van der Waals surface area contributed by atoms with E-state index in [1.54, 1.807) is 18.2 Å². The Hall–Kier alpha value is -3.26. The first-order chi connectivity index (χ1) is 10.5. The lowest BCUT2D eigenvalue weighted by Gasteiger charge is -2.37. The summed E-state index contributed by atoms with van der Waals surface area (Å²) in [4.78, 5) is 23.1. The molecule has 0 aliphatic carbocycles. The number of amides is 2. The maximum atomic E-state index is 12.1. The second-order valence-electron chi connectivity index (χ2n) is 4.54. The van der Waals surface area contributed by atoms with Crippen molar-refractivity contribution in [1.29, 1.82) is 0 Å². The number of nitrogens with one attached hydrogen (secondary N) is 1. The third-order valence-electron chi connectivity index (χ3n) is 3.18. The molecule has 2 aromatic rings. The molecule has 8 heteroatoms. The highest BCUT2D eigenvalue weighted by Gasteiger charge is 2.31. The van der Waals surface area contributed by atoms with Gasteiger partial charge in [0.05, 0.1) is 16.9 Å². The van der Waals surface area contributed by atoms with Crippen molar-refractivity contribution in [3.05, 3.63) is 48.0 Å². The van der Waals surface area contributed by atoms with Crippen molar-refractivity contribution in [3.63, 3.8) is 0 Å². The number of hydrogen-bond donors (Lipinski definition) is 3. The average molecular weight is 300 g/mol. The molecule has 0 spiro atoms. The fourth-order valence-electron chi connectivity index (χ4n) is 2.14. The van der Waals surface area contributed by atoms with E-state index in [2.05, 4.69) is 5.32 Å². The van der Waals surface area contributed by atoms with Gasteiger partial charge in [0, 0.05) is 0 Å². The summed E-state index contributed by atoms with van der Waals surface area (Å²) >= 11 is 0. The molecule has 22 heavy (non-hydrogen) atoms. The second kappa shape index (κ2) is 4.93. The standard InChI is InChI=1S/C14H11N3O5/c18-12-6-5-8(13(19)20)7-11(12)16-14(21)15-9-3-1-2-4-10(9)17(16)22/h1-7,18,22H,(H,15,21)(H,19,20)/p-1. The average Bonchev–Trinajstić information content (AvgIpc) is 2.48. The minimum absolute atomic E-state index is 0.172. The molecule has 0 saturated heterocycles. The molecule has 0 saturated carbocycles. The summed E-state index contributed by atoms with van der Waals surface area (Å²) in [5.41, 5.74) is 0.180. The Morgan fingerprint density at radius 1 is 1.14 bits per heavy atom. The molecular weight excluding hydrogens is 290 g/mol. The summed E-state index contributed by atoms with van der Waals surface area (Å²) in [7, 11) is 0. The lowest BCUT2D eigenvalue weighted by atomic mass is 10.1. The molecule has 112 valence electrons.